The molecule has 0 saturated heterocycles. The molecular formula is C18H15ClN6OS. The molecule has 2 aromatic carbocycles. The SMILES string of the molecule is Cc1ccccc1-c1noc(CSc2nnc(-c3ccccc3Cl)n2N)n1. The third kappa shape index (κ3) is 3.54. The fourth-order valence-electron chi connectivity index (χ4n) is 2.57. The maximum absolute atomic E-state index is 6.21. The number of halogens is 1. The van der Waals surface area contributed by atoms with Crippen molar-refractivity contribution in [3.8, 4) is 22.8 Å². The van der Waals surface area contributed by atoms with Crippen molar-refractivity contribution in [2.45, 2.75) is 17.8 Å². The summed E-state index contributed by atoms with van der Waals surface area (Å²) in [4.78, 5) is 4.45. The van der Waals surface area contributed by atoms with Crippen molar-refractivity contribution in [1.82, 2.24) is 25.0 Å². The van der Waals surface area contributed by atoms with Gasteiger partial charge in [-0.25, -0.2) is 4.68 Å². The highest BCUT2D eigenvalue weighted by Crippen LogP contribution is 2.29. The monoisotopic (exact) mass is 398 g/mol. The molecule has 0 fully saturated rings. The number of thioether (sulfide) groups is 1. The highest BCUT2D eigenvalue weighted by molar-refractivity contribution is 7.98. The molecule has 0 bridgehead atoms. The van der Waals surface area contributed by atoms with Crippen LogP contribution in [0.25, 0.3) is 22.8 Å². The lowest BCUT2D eigenvalue weighted by atomic mass is 10.1. The first-order chi connectivity index (χ1) is 13.1. The number of hydrogen-bond acceptors (Lipinski definition) is 7. The van der Waals surface area contributed by atoms with Gasteiger partial charge in [0.1, 0.15) is 0 Å². The Hall–Kier alpha value is -2.84. The summed E-state index contributed by atoms with van der Waals surface area (Å²) in [5.74, 6) is 8.10. The van der Waals surface area contributed by atoms with Gasteiger partial charge in [-0.05, 0) is 24.6 Å². The molecule has 136 valence electrons. The van der Waals surface area contributed by atoms with Gasteiger partial charge in [-0.15, -0.1) is 10.2 Å². The normalized spacial score (nSPS) is 11.0. The summed E-state index contributed by atoms with van der Waals surface area (Å²) in [6.45, 7) is 2.01. The highest BCUT2D eigenvalue weighted by Gasteiger charge is 2.16. The Morgan fingerprint density at radius 1 is 1.07 bits per heavy atom. The molecule has 0 aliphatic rings. The van der Waals surface area contributed by atoms with Crippen molar-refractivity contribution in [2.24, 2.45) is 0 Å². The molecule has 0 radical (unpaired) electrons. The van der Waals surface area contributed by atoms with Gasteiger partial charge in [-0.1, -0.05) is 64.9 Å². The summed E-state index contributed by atoms with van der Waals surface area (Å²) in [5, 5.41) is 13.4. The second-order valence-corrected chi connectivity index (χ2v) is 7.12. The largest absolute Gasteiger partial charge is 0.338 e. The van der Waals surface area contributed by atoms with Crippen LogP contribution < -0.4 is 5.84 Å². The smallest absolute Gasteiger partial charge is 0.237 e. The zero-order valence-corrected chi connectivity index (χ0v) is 15.9. The molecule has 0 unspecified atom stereocenters. The molecule has 27 heavy (non-hydrogen) atoms. The van der Waals surface area contributed by atoms with E-state index in [1.807, 2.05) is 49.4 Å². The molecule has 4 aromatic rings. The van der Waals surface area contributed by atoms with Crippen LogP contribution in [0, 0.1) is 6.92 Å². The zero-order chi connectivity index (χ0) is 18.8. The molecule has 4 rings (SSSR count). The van der Waals surface area contributed by atoms with Crippen LogP contribution in [-0.2, 0) is 5.75 Å². The predicted molar refractivity (Wildman–Crippen MR) is 105 cm³/mol. The standard InChI is InChI=1S/C18H15ClN6OS/c1-11-6-2-3-7-12(11)16-21-15(26-24-16)10-27-18-23-22-17(25(18)20)13-8-4-5-9-14(13)19/h2-9H,10,20H2,1H3. The van der Waals surface area contributed by atoms with E-state index in [0.717, 1.165) is 16.7 Å². The number of aromatic nitrogens is 5. The van der Waals surface area contributed by atoms with Crippen molar-refractivity contribution in [3.63, 3.8) is 0 Å². The number of nitrogen functional groups attached to an aromatic ring is 1. The third-order valence-corrected chi connectivity index (χ3v) is 5.22. The second-order valence-electron chi connectivity index (χ2n) is 5.77. The molecule has 2 N–H and O–H groups in total. The number of nitrogens with two attached hydrogens (primary N) is 1. The Bertz CT molecular complexity index is 1090. The first-order valence-corrected chi connectivity index (χ1v) is 9.46. The first kappa shape index (κ1) is 17.6. The maximum atomic E-state index is 6.21. The van der Waals surface area contributed by atoms with Crippen LogP contribution in [0.3, 0.4) is 0 Å². The lowest BCUT2D eigenvalue weighted by molar-refractivity contribution is 0.391. The zero-order valence-electron chi connectivity index (χ0n) is 14.3. The molecule has 2 aromatic heterocycles. The molecule has 0 amide bonds. The van der Waals surface area contributed by atoms with Crippen LogP contribution in [0.1, 0.15) is 11.5 Å². The van der Waals surface area contributed by atoms with Gasteiger partial charge in [0, 0.05) is 11.1 Å². The van der Waals surface area contributed by atoms with Crippen molar-refractivity contribution in [1.29, 1.82) is 0 Å². The Balaban J connectivity index is 1.51. The van der Waals surface area contributed by atoms with Gasteiger partial charge in [-0.3, -0.25) is 0 Å². The number of hydrogen-bond donors (Lipinski definition) is 1. The quantitative estimate of drug-likeness (QED) is 0.401. The van der Waals surface area contributed by atoms with Crippen LogP contribution in [0.15, 0.2) is 58.2 Å². The topological polar surface area (TPSA) is 95.7 Å². The summed E-state index contributed by atoms with van der Waals surface area (Å²) < 4.78 is 6.75. The molecular weight excluding hydrogens is 384 g/mol. The molecule has 0 saturated carbocycles. The van der Waals surface area contributed by atoms with E-state index in [9.17, 15) is 0 Å². The lowest BCUT2D eigenvalue weighted by Crippen LogP contribution is -2.11. The van der Waals surface area contributed by atoms with Crippen molar-refractivity contribution in [2.75, 3.05) is 5.84 Å². The van der Waals surface area contributed by atoms with Gasteiger partial charge in [0.05, 0.1) is 10.8 Å². The van der Waals surface area contributed by atoms with E-state index in [1.54, 1.807) is 6.07 Å². The summed E-state index contributed by atoms with van der Waals surface area (Å²) in [5.41, 5.74) is 2.75. The van der Waals surface area contributed by atoms with Crippen LogP contribution in [0.5, 0.6) is 0 Å². The van der Waals surface area contributed by atoms with Crippen LogP contribution in [0.2, 0.25) is 5.02 Å². The molecule has 0 atom stereocenters. The Morgan fingerprint density at radius 2 is 1.81 bits per heavy atom. The summed E-state index contributed by atoms with van der Waals surface area (Å²) in [6, 6.07) is 15.2. The van der Waals surface area contributed by atoms with Gasteiger partial charge in [-0.2, -0.15) is 4.98 Å². The van der Waals surface area contributed by atoms with Crippen molar-refractivity contribution >= 4 is 23.4 Å². The molecule has 0 aliphatic carbocycles. The Labute approximate surface area is 164 Å². The molecule has 0 spiro atoms. The maximum Gasteiger partial charge on any atom is 0.237 e. The third-order valence-electron chi connectivity index (χ3n) is 3.96. The van der Waals surface area contributed by atoms with Crippen LogP contribution in [0.4, 0.5) is 0 Å². The van der Waals surface area contributed by atoms with E-state index in [-0.39, 0.29) is 0 Å². The average molecular weight is 399 g/mol. The minimum absolute atomic E-state index is 0.427. The Kier molecular flexibility index (Phi) is 4.83. The molecule has 2 heterocycles. The number of benzene rings is 2. The highest BCUT2D eigenvalue weighted by atomic mass is 35.5. The lowest BCUT2D eigenvalue weighted by Gasteiger charge is -2.04. The van der Waals surface area contributed by atoms with E-state index < -0.39 is 0 Å². The van der Waals surface area contributed by atoms with Crippen molar-refractivity contribution in [3.05, 3.63) is 65.0 Å². The first-order valence-electron chi connectivity index (χ1n) is 8.10. The minimum atomic E-state index is 0.427. The molecule has 0 aliphatic heterocycles. The number of aryl methyl sites for hydroxylation is 1. The Morgan fingerprint density at radius 3 is 2.59 bits per heavy atom. The van der Waals surface area contributed by atoms with E-state index in [4.69, 9.17) is 22.0 Å². The number of nitrogens with zero attached hydrogens (tertiary/aromatic N) is 5. The van der Waals surface area contributed by atoms with Gasteiger partial charge in [0.15, 0.2) is 5.82 Å². The van der Waals surface area contributed by atoms with Crippen LogP contribution >= 0.6 is 23.4 Å². The molecule has 7 nitrogen and oxygen atoms in total. The summed E-state index contributed by atoms with van der Waals surface area (Å²) in [7, 11) is 0. The molecule has 9 heteroatoms. The van der Waals surface area contributed by atoms with Crippen LogP contribution in [-0.4, -0.2) is 25.0 Å². The fraction of sp³-hybridized carbons (Fsp3) is 0.111. The van der Waals surface area contributed by atoms with E-state index in [1.165, 1.54) is 16.4 Å². The summed E-state index contributed by atoms with van der Waals surface area (Å²) >= 11 is 7.57. The van der Waals surface area contributed by atoms with E-state index in [0.29, 0.717) is 33.5 Å². The minimum Gasteiger partial charge on any atom is -0.338 e. The van der Waals surface area contributed by atoms with Gasteiger partial charge >= 0.3 is 0 Å². The second kappa shape index (κ2) is 7.42. The van der Waals surface area contributed by atoms with E-state index in [2.05, 4.69) is 20.3 Å². The van der Waals surface area contributed by atoms with Crippen molar-refractivity contribution < 1.29 is 4.52 Å². The predicted octanol–water partition coefficient (Wildman–Crippen LogP) is 3.96. The van der Waals surface area contributed by atoms with Gasteiger partial charge < -0.3 is 10.4 Å². The van der Waals surface area contributed by atoms with Gasteiger partial charge in [0.25, 0.3) is 0 Å². The van der Waals surface area contributed by atoms with E-state index >= 15 is 0 Å². The average Bonchev–Trinajstić information content (AvgIpc) is 3.28. The summed E-state index contributed by atoms with van der Waals surface area (Å²) in [6.07, 6.45) is 0. The number of rotatable bonds is 5. The fourth-order valence-corrected chi connectivity index (χ4v) is 3.49. The van der Waals surface area contributed by atoms with Gasteiger partial charge in [0.2, 0.25) is 16.9 Å².